The fourth-order valence-corrected chi connectivity index (χ4v) is 4.42. The molecule has 0 unspecified atom stereocenters. The third-order valence-electron chi connectivity index (χ3n) is 3.31. The predicted molar refractivity (Wildman–Crippen MR) is 90.0 cm³/mol. The Hall–Kier alpha value is -2.04. The van der Waals surface area contributed by atoms with E-state index >= 15 is 0 Å². The van der Waals surface area contributed by atoms with Crippen LogP contribution in [0.25, 0.3) is 0 Å². The summed E-state index contributed by atoms with van der Waals surface area (Å²) < 4.78 is 12.7. The topological polar surface area (TPSA) is 34.1 Å². The molecule has 3 aromatic rings. The number of aryl methyl sites for hydroxylation is 1. The smallest absolute Gasteiger partial charge is 0.204 e. The first-order valence-corrected chi connectivity index (χ1v) is 8.85. The molecule has 0 aliphatic carbocycles. The lowest BCUT2D eigenvalue weighted by molar-refractivity contribution is 0.104. The molecule has 4 heteroatoms. The summed E-state index contributed by atoms with van der Waals surface area (Å²) in [6.45, 7) is 1.99. The maximum absolute atomic E-state index is 12.7. The van der Waals surface area contributed by atoms with E-state index in [1.807, 2.05) is 54.8 Å². The van der Waals surface area contributed by atoms with Crippen molar-refractivity contribution in [3.63, 3.8) is 0 Å². The van der Waals surface area contributed by atoms with Crippen LogP contribution in [0.3, 0.4) is 0 Å². The summed E-state index contributed by atoms with van der Waals surface area (Å²) in [6.07, 6.45) is 0. The van der Waals surface area contributed by atoms with E-state index in [1.165, 1.54) is 11.3 Å². The van der Waals surface area contributed by atoms with Crippen LogP contribution in [0.4, 0.5) is 0 Å². The molecule has 0 aliphatic heterocycles. The lowest BCUT2D eigenvalue weighted by atomic mass is 10.1. The van der Waals surface area contributed by atoms with Gasteiger partial charge in [0.2, 0.25) is 5.78 Å². The molecular formula is C18H14O2S2. The zero-order valence-electron chi connectivity index (χ0n) is 12.0. The van der Waals surface area contributed by atoms with E-state index in [1.54, 1.807) is 18.2 Å². The van der Waals surface area contributed by atoms with Gasteiger partial charge in [-0.25, -0.2) is 4.21 Å². The lowest BCUT2D eigenvalue weighted by Gasteiger charge is -2.04. The zero-order valence-corrected chi connectivity index (χ0v) is 13.6. The first-order valence-electron chi connectivity index (χ1n) is 6.82. The van der Waals surface area contributed by atoms with Gasteiger partial charge in [-0.2, -0.15) is 0 Å². The zero-order chi connectivity index (χ0) is 15.5. The minimum absolute atomic E-state index is 0.0777. The molecule has 0 aliphatic rings. The molecule has 1 aromatic heterocycles. The van der Waals surface area contributed by atoms with Gasteiger partial charge in [0, 0.05) is 10.5 Å². The average molecular weight is 326 g/mol. The van der Waals surface area contributed by atoms with Crippen molar-refractivity contribution in [3.05, 3.63) is 82.0 Å². The van der Waals surface area contributed by atoms with Crippen molar-refractivity contribution in [1.29, 1.82) is 0 Å². The molecular weight excluding hydrogens is 312 g/mol. The van der Waals surface area contributed by atoms with E-state index in [2.05, 4.69) is 0 Å². The van der Waals surface area contributed by atoms with Crippen molar-refractivity contribution in [2.45, 2.75) is 16.7 Å². The molecule has 1 atom stereocenters. The van der Waals surface area contributed by atoms with Gasteiger partial charge in [-0.3, -0.25) is 4.79 Å². The van der Waals surface area contributed by atoms with E-state index < -0.39 is 10.8 Å². The van der Waals surface area contributed by atoms with Gasteiger partial charge in [0.25, 0.3) is 0 Å². The second-order valence-corrected chi connectivity index (χ2v) is 7.26. The molecule has 0 spiro atoms. The van der Waals surface area contributed by atoms with Crippen molar-refractivity contribution in [3.8, 4) is 0 Å². The van der Waals surface area contributed by atoms with Gasteiger partial charge in [0.15, 0.2) is 0 Å². The number of ketones is 1. The van der Waals surface area contributed by atoms with Crippen molar-refractivity contribution in [1.82, 2.24) is 0 Å². The number of hydrogen-bond donors (Lipinski definition) is 0. The van der Waals surface area contributed by atoms with Gasteiger partial charge < -0.3 is 0 Å². The largest absolute Gasteiger partial charge is 0.288 e. The Kier molecular flexibility index (Phi) is 4.32. The Morgan fingerprint density at radius 3 is 2.32 bits per heavy atom. The van der Waals surface area contributed by atoms with Crippen molar-refractivity contribution in [2.24, 2.45) is 0 Å². The highest BCUT2D eigenvalue weighted by atomic mass is 32.2. The Bertz CT molecular complexity index is 818. The molecule has 3 rings (SSSR count). The SMILES string of the molecule is Cc1ccc([S@](=O)c2ccsc2C(=O)c2ccccc2)cc1. The van der Waals surface area contributed by atoms with Crippen LogP contribution in [-0.2, 0) is 10.8 Å². The summed E-state index contributed by atoms with van der Waals surface area (Å²) in [4.78, 5) is 14.4. The fourth-order valence-electron chi connectivity index (χ4n) is 2.12. The molecule has 2 aromatic carbocycles. The van der Waals surface area contributed by atoms with Gasteiger partial charge in [-0.1, -0.05) is 48.0 Å². The Morgan fingerprint density at radius 1 is 0.955 bits per heavy atom. The molecule has 1 heterocycles. The molecule has 22 heavy (non-hydrogen) atoms. The van der Waals surface area contributed by atoms with Crippen LogP contribution in [0.15, 0.2) is 75.8 Å². The van der Waals surface area contributed by atoms with Crippen LogP contribution in [0, 0.1) is 6.92 Å². The molecule has 0 saturated carbocycles. The molecule has 110 valence electrons. The quantitative estimate of drug-likeness (QED) is 0.664. The van der Waals surface area contributed by atoms with Crippen LogP contribution in [0.1, 0.15) is 20.8 Å². The molecule has 0 fully saturated rings. The summed E-state index contributed by atoms with van der Waals surface area (Å²) in [7, 11) is -1.34. The second-order valence-electron chi connectivity index (χ2n) is 4.89. The molecule has 0 amide bonds. The lowest BCUT2D eigenvalue weighted by Crippen LogP contribution is -2.03. The summed E-state index contributed by atoms with van der Waals surface area (Å²) in [5.41, 5.74) is 1.73. The van der Waals surface area contributed by atoms with E-state index in [9.17, 15) is 9.00 Å². The molecule has 0 N–H and O–H groups in total. The minimum atomic E-state index is -1.34. The van der Waals surface area contributed by atoms with E-state index in [-0.39, 0.29) is 5.78 Å². The highest BCUT2D eigenvalue weighted by Gasteiger charge is 2.20. The molecule has 0 bridgehead atoms. The molecule has 2 nitrogen and oxygen atoms in total. The summed E-state index contributed by atoms with van der Waals surface area (Å²) >= 11 is 1.34. The summed E-state index contributed by atoms with van der Waals surface area (Å²) in [5.74, 6) is -0.0777. The van der Waals surface area contributed by atoms with E-state index in [0.29, 0.717) is 20.2 Å². The number of thiophene rings is 1. The third-order valence-corrected chi connectivity index (χ3v) is 5.79. The highest BCUT2D eigenvalue weighted by molar-refractivity contribution is 7.85. The minimum Gasteiger partial charge on any atom is -0.288 e. The number of rotatable bonds is 4. The van der Waals surface area contributed by atoms with Crippen LogP contribution in [-0.4, -0.2) is 9.99 Å². The number of carbonyl (C=O) groups excluding carboxylic acids is 1. The fraction of sp³-hybridized carbons (Fsp3) is 0.0556. The Morgan fingerprint density at radius 2 is 1.64 bits per heavy atom. The Balaban J connectivity index is 1.97. The van der Waals surface area contributed by atoms with Crippen molar-refractivity contribution in [2.75, 3.05) is 0 Å². The van der Waals surface area contributed by atoms with Gasteiger partial charge in [0.05, 0.1) is 20.6 Å². The number of benzene rings is 2. The van der Waals surface area contributed by atoms with Crippen molar-refractivity contribution < 1.29 is 9.00 Å². The van der Waals surface area contributed by atoms with Gasteiger partial charge >= 0.3 is 0 Å². The third kappa shape index (κ3) is 2.93. The van der Waals surface area contributed by atoms with Gasteiger partial charge in [-0.05, 0) is 30.5 Å². The van der Waals surface area contributed by atoms with Crippen LogP contribution in [0.5, 0.6) is 0 Å². The van der Waals surface area contributed by atoms with E-state index in [0.717, 1.165) is 5.56 Å². The Labute approximate surface area is 135 Å². The van der Waals surface area contributed by atoms with Gasteiger partial charge in [0.1, 0.15) is 0 Å². The first-order chi connectivity index (χ1) is 10.7. The first kappa shape index (κ1) is 14.9. The molecule has 0 radical (unpaired) electrons. The average Bonchev–Trinajstić information content (AvgIpc) is 3.04. The number of hydrogen-bond acceptors (Lipinski definition) is 3. The van der Waals surface area contributed by atoms with Crippen LogP contribution < -0.4 is 0 Å². The predicted octanol–water partition coefficient (Wildman–Crippen LogP) is 4.45. The van der Waals surface area contributed by atoms with E-state index in [4.69, 9.17) is 0 Å². The standard InChI is InChI=1S/C18H14O2S2/c1-13-7-9-15(10-8-13)22(20)16-11-12-21-18(16)17(19)14-5-3-2-4-6-14/h2-12H,1H3/t22-/m0/s1. The molecule has 0 saturated heterocycles. The highest BCUT2D eigenvalue weighted by Crippen LogP contribution is 2.27. The summed E-state index contributed by atoms with van der Waals surface area (Å²) in [6, 6.07) is 18.4. The van der Waals surface area contributed by atoms with Crippen LogP contribution in [0.2, 0.25) is 0 Å². The van der Waals surface area contributed by atoms with Crippen LogP contribution >= 0.6 is 11.3 Å². The second kappa shape index (κ2) is 6.38. The van der Waals surface area contributed by atoms with Gasteiger partial charge in [-0.15, -0.1) is 11.3 Å². The summed E-state index contributed by atoms with van der Waals surface area (Å²) in [5, 5.41) is 1.82. The van der Waals surface area contributed by atoms with Crippen molar-refractivity contribution >= 4 is 27.9 Å². The number of carbonyl (C=O) groups is 1. The monoisotopic (exact) mass is 326 g/mol. The normalized spacial score (nSPS) is 12.0. The maximum Gasteiger partial charge on any atom is 0.204 e. The maximum atomic E-state index is 12.7.